The van der Waals surface area contributed by atoms with Crippen molar-refractivity contribution in [3.05, 3.63) is 88.5 Å². The van der Waals surface area contributed by atoms with Crippen molar-refractivity contribution in [2.75, 3.05) is 24.2 Å². The lowest BCUT2D eigenvalue weighted by atomic mass is 10.0. The van der Waals surface area contributed by atoms with Gasteiger partial charge in [-0.1, -0.05) is 74.1 Å². The number of H-pyrrole nitrogens is 1. The van der Waals surface area contributed by atoms with Gasteiger partial charge < -0.3 is 14.8 Å². The molecule has 2 aromatic heterocycles. The summed E-state index contributed by atoms with van der Waals surface area (Å²) in [5.41, 5.74) is 1.46. The third-order valence-electron chi connectivity index (χ3n) is 6.87. The molecule has 1 aliphatic heterocycles. The molecule has 0 aliphatic carbocycles. The number of aromatic nitrogens is 4. The van der Waals surface area contributed by atoms with Crippen LogP contribution in [0.1, 0.15) is 53.6 Å². The number of imidazole rings is 1. The highest BCUT2D eigenvalue weighted by molar-refractivity contribution is 8.14. The Morgan fingerprint density at radius 2 is 1.83 bits per heavy atom. The molecule has 4 aromatic rings. The van der Waals surface area contributed by atoms with E-state index in [4.69, 9.17) is 9.47 Å². The second-order valence-electron chi connectivity index (χ2n) is 10.4. The highest BCUT2D eigenvalue weighted by atomic mass is 32.2. The SMILES string of the molecule is CC(C)CNc1nc2c(ncn2C2C[C@H](CSC(=O)c3ccccc3)[C@@H](CCOC(=O)c3ccccc3)O2)c(=O)[nH]1. The van der Waals surface area contributed by atoms with Gasteiger partial charge in [-0.25, -0.2) is 9.78 Å². The summed E-state index contributed by atoms with van der Waals surface area (Å²) in [5, 5.41) is 3.16. The maximum absolute atomic E-state index is 12.8. The highest BCUT2D eigenvalue weighted by Crippen LogP contribution is 2.38. The maximum atomic E-state index is 12.8. The van der Waals surface area contributed by atoms with Gasteiger partial charge in [0.1, 0.15) is 6.23 Å². The van der Waals surface area contributed by atoms with Gasteiger partial charge in [0.05, 0.1) is 24.6 Å². The van der Waals surface area contributed by atoms with Gasteiger partial charge in [0.15, 0.2) is 11.2 Å². The number of carbonyl (C=O) groups excluding carboxylic acids is 2. The molecule has 0 radical (unpaired) electrons. The molecule has 3 heterocycles. The van der Waals surface area contributed by atoms with Crippen LogP contribution < -0.4 is 10.9 Å². The van der Waals surface area contributed by atoms with Gasteiger partial charge in [-0.05, 0) is 30.4 Å². The van der Waals surface area contributed by atoms with Gasteiger partial charge in [0.25, 0.3) is 5.56 Å². The molecule has 11 heteroatoms. The van der Waals surface area contributed by atoms with E-state index in [-0.39, 0.29) is 34.8 Å². The number of anilines is 1. The number of rotatable bonds is 11. The zero-order chi connectivity index (χ0) is 28.8. The average molecular weight is 576 g/mol. The Morgan fingerprint density at radius 3 is 2.54 bits per heavy atom. The number of esters is 1. The molecular formula is C30H33N5O5S. The van der Waals surface area contributed by atoms with E-state index in [0.29, 0.717) is 53.8 Å². The van der Waals surface area contributed by atoms with E-state index in [1.807, 2.05) is 24.3 Å². The molecule has 2 N–H and O–H groups in total. The van der Waals surface area contributed by atoms with Crippen molar-refractivity contribution in [3.63, 3.8) is 0 Å². The lowest BCUT2D eigenvalue weighted by molar-refractivity contribution is -0.0158. The number of nitrogens with one attached hydrogen (secondary N) is 2. The van der Waals surface area contributed by atoms with Crippen LogP contribution in [0.4, 0.5) is 5.95 Å². The number of ether oxygens (including phenoxy) is 2. The van der Waals surface area contributed by atoms with Gasteiger partial charge in [-0.15, -0.1) is 0 Å². The molecule has 3 atom stereocenters. The van der Waals surface area contributed by atoms with Gasteiger partial charge >= 0.3 is 5.97 Å². The van der Waals surface area contributed by atoms with Crippen molar-refractivity contribution in [2.24, 2.45) is 11.8 Å². The van der Waals surface area contributed by atoms with Crippen LogP contribution in [0, 0.1) is 11.8 Å². The fraction of sp³-hybridized carbons (Fsp3) is 0.367. The molecule has 1 fully saturated rings. The lowest BCUT2D eigenvalue weighted by Crippen LogP contribution is -2.22. The van der Waals surface area contributed by atoms with Crippen LogP contribution in [0.5, 0.6) is 0 Å². The number of aromatic amines is 1. The summed E-state index contributed by atoms with van der Waals surface area (Å²) in [4.78, 5) is 49.6. The normalized spacial score (nSPS) is 18.6. The Labute approximate surface area is 241 Å². The Hall–Kier alpha value is -3.96. The predicted octanol–water partition coefficient (Wildman–Crippen LogP) is 4.91. The Kier molecular flexibility index (Phi) is 9.15. The number of nitrogens with zero attached hydrogens (tertiary/aromatic N) is 3. The molecular weight excluding hydrogens is 542 g/mol. The zero-order valence-electron chi connectivity index (χ0n) is 23.0. The van der Waals surface area contributed by atoms with Crippen LogP contribution in [0.3, 0.4) is 0 Å². The van der Waals surface area contributed by atoms with Crippen molar-refractivity contribution in [1.82, 2.24) is 19.5 Å². The first-order chi connectivity index (χ1) is 19.9. The Morgan fingerprint density at radius 1 is 1.12 bits per heavy atom. The van der Waals surface area contributed by atoms with Gasteiger partial charge in [-0.2, -0.15) is 4.98 Å². The molecule has 214 valence electrons. The molecule has 1 saturated heterocycles. The maximum Gasteiger partial charge on any atom is 0.338 e. The minimum atomic E-state index is -0.445. The highest BCUT2D eigenvalue weighted by Gasteiger charge is 2.37. The second kappa shape index (κ2) is 13.1. The summed E-state index contributed by atoms with van der Waals surface area (Å²) >= 11 is 1.25. The summed E-state index contributed by atoms with van der Waals surface area (Å²) < 4.78 is 13.8. The zero-order valence-corrected chi connectivity index (χ0v) is 23.8. The van der Waals surface area contributed by atoms with E-state index >= 15 is 0 Å². The van der Waals surface area contributed by atoms with Gasteiger partial charge in [-0.3, -0.25) is 19.1 Å². The average Bonchev–Trinajstić information content (AvgIpc) is 3.60. The first-order valence-corrected chi connectivity index (χ1v) is 14.7. The number of thioether (sulfide) groups is 1. The molecule has 0 amide bonds. The van der Waals surface area contributed by atoms with Crippen LogP contribution in [0.15, 0.2) is 71.8 Å². The number of fused-ring (bicyclic) bond motifs is 1. The quantitative estimate of drug-likeness (QED) is 0.240. The smallest absolute Gasteiger partial charge is 0.338 e. The first kappa shape index (κ1) is 28.6. The molecule has 0 saturated carbocycles. The van der Waals surface area contributed by atoms with E-state index in [2.05, 4.69) is 34.1 Å². The molecule has 41 heavy (non-hydrogen) atoms. The molecule has 10 nitrogen and oxygen atoms in total. The standard InChI is InChI=1S/C30H33N5O5S/c1-19(2)16-31-30-33-26-25(27(36)34-30)32-18-35(26)24-15-22(17-41-29(38)21-11-7-4-8-12-21)23(40-24)13-14-39-28(37)20-9-5-3-6-10-20/h3-12,18-19,22-24H,13-17H2,1-2H3,(H2,31,33,34,36)/t22-,23-,24?/m1/s1. The predicted molar refractivity (Wildman–Crippen MR) is 158 cm³/mol. The minimum Gasteiger partial charge on any atom is -0.462 e. The summed E-state index contributed by atoms with van der Waals surface area (Å²) in [6.45, 7) is 4.96. The van der Waals surface area contributed by atoms with Crippen LogP contribution in [-0.2, 0) is 9.47 Å². The number of hydrogen-bond acceptors (Lipinski definition) is 9. The van der Waals surface area contributed by atoms with E-state index in [0.717, 1.165) is 0 Å². The third-order valence-corrected chi connectivity index (χ3v) is 7.96. The summed E-state index contributed by atoms with van der Waals surface area (Å²) in [6, 6.07) is 18.0. The lowest BCUT2D eigenvalue weighted by Gasteiger charge is -2.18. The monoisotopic (exact) mass is 575 g/mol. The molecule has 0 bridgehead atoms. The van der Waals surface area contributed by atoms with Crippen LogP contribution in [0.25, 0.3) is 11.2 Å². The molecule has 0 spiro atoms. The topological polar surface area (TPSA) is 128 Å². The Bertz CT molecular complexity index is 1540. The minimum absolute atomic E-state index is 0.00827. The summed E-state index contributed by atoms with van der Waals surface area (Å²) in [7, 11) is 0. The summed E-state index contributed by atoms with van der Waals surface area (Å²) in [5.74, 6) is 0.874. The number of hydrogen-bond donors (Lipinski definition) is 2. The second-order valence-corrected chi connectivity index (χ2v) is 11.4. The third kappa shape index (κ3) is 7.04. The molecule has 1 unspecified atom stereocenters. The van der Waals surface area contributed by atoms with Crippen LogP contribution >= 0.6 is 11.8 Å². The largest absolute Gasteiger partial charge is 0.462 e. The van der Waals surface area contributed by atoms with Crippen molar-refractivity contribution >= 4 is 40.0 Å². The van der Waals surface area contributed by atoms with E-state index in [1.165, 1.54) is 11.8 Å². The molecule has 1 aliphatic rings. The first-order valence-electron chi connectivity index (χ1n) is 13.7. The fourth-order valence-corrected chi connectivity index (χ4v) is 5.74. The number of benzene rings is 2. The van der Waals surface area contributed by atoms with Gasteiger partial charge in [0.2, 0.25) is 11.1 Å². The van der Waals surface area contributed by atoms with E-state index < -0.39 is 12.2 Å². The van der Waals surface area contributed by atoms with Crippen molar-refractivity contribution < 1.29 is 19.1 Å². The fourth-order valence-electron chi connectivity index (χ4n) is 4.72. The summed E-state index contributed by atoms with van der Waals surface area (Å²) in [6.07, 6.45) is 1.89. The molecule has 2 aromatic carbocycles. The van der Waals surface area contributed by atoms with Crippen molar-refractivity contribution in [2.45, 2.75) is 39.0 Å². The van der Waals surface area contributed by atoms with Gasteiger partial charge in [0, 0.05) is 24.3 Å². The Balaban J connectivity index is 1.32. The van der Waals surface area contributed by atoms with E-state index in [9.17, 15) is 14.4 Å². The molecule has 5 rings (SSSR count). The number of carbonyl (C=O) groups is 2. The van der Waals surface area contributed by atoms with Crippen LogP contribution in [-0.4, -0.2) is 55.6 Å². The van der Waals surface area contributed by atoms with Crippen LogP contribution in [0.2, 0.25) is 0 Å². The van der Waals surface area contributed by atoms with Crippen molar-refractivity contribution in [1.29, 1.82) is 0 Å². The van der Waals surface area contributed by atoms with Crippen molar-refractivity contribution in [3.8, 4) is 0 Å². The van der Waals surface area contributed by atoms with E-state index in [1.54, 1.807) is 47.3 Å².